The van der Waals surface area contributed by atoms with Crippen molar-refractivity contribution < 1.29 is 4.79 Å². The summed E-state index contributed by atoms with van der Waals surface area (Å²) in [6.45, 7) is 6.12. The van der Waals surface area contributed by atoms with Crippen LogP contribution in [0.1, 0.15) is 34.2 Å². The van der Waals surface area contributed by atoms with Crippen molar-refractivity contribution >= 4 is 33.2 Å². The third-order valence-corrected chi connectivity index (χ3v) is 4.84. The Balaban J connectivity index is 1.91. The summed E-state index contributed by atoms with van der Waals surface area (Å²) >= 11 is 3.48. The lowest BCUT2D eigenvalue weighted by molar-refractivity contribution is 0.102. The molecule has 0 aliphatic heterocycles. The highest BCUT2D eigenvalue weighted by Crippen LogP contribution is 2.21. The van der Waals surface area contributed by atoms with E-state index in [1.807, 2.05) is 48.7 Å². The van der Waals surface area contributed by atoms with Crippen molar-refractivity contribution in [2.24, 2.45) is 0 Å². The van der Waals surface area contributed by atoms with Gasteiger partial charge in [0.2, 0.25) is 0 Å². The third-order valence-electron chi connectivity index (χ3n) is 3.98. The van der Waals surface area contributed by atoms with E-state index in [-0.39, 0.29) is 5.91 Å². The third kappa shape index (κ3) is 3.01. The van der Waals surface area contributed by atoms with Gasteiger partial charge in [-0.1, -0.05) is 28.9 Å². The molecular formula is C18H18BrN3O. The minimum atomic E-state index is -0.131. The Labute approximate surface area is 143 Å². The van der Waals surface area contributed by atoms with Crippen LogP contribution >= 0.6 is 15.9 Å². The average molecular weight is 372 g/mol. The van der Waals surface area contributed by atoms with Gasteiger partial charge in [-0.3, -0.25) is 4.79 Å². The number of fused-ring (bicyclic) bond motifs is 1. The van der Waals surface area contributed by atoms with E-state index in [0.29, 0.717) is 5.56 Å². The Hall–Kier alpha value is -2.14. The van der Waals surface area contributed by atoms with Gasteiger partial charge in [-0.15, -0.1) is 0 Å². The molecule has 4 nitrogen and oxygen atoms in total. The zero-order chi connectivity index (χ0) is 16.6. The zero-order valence-corrected chi connectivity index (χ0v) is 14.9. The van der Waals surface area contributed by atoms with Gasteiger partial charge < -0.3 is 9.72 Å². The van der Waals surface area contributed by atoms with Gasteiger partial charge in [-0.05, 0) is 50.1 Å². The highest BCUT2D eigenvalue weighted by Gasteiger charge is 2.11. The summed E-state index contributed by atoms with van der Waals surface area (Å²) in [5, 5.41) is 2.93. The molecule has 2 aromatic heterocycles. The summed E-state index contributed by atoms with van der Waals surface area (Å²) in [5.74, 6) is -0.131. The van der Waals surface area contributed by atoms with Crippen molar-refractivity contribution in [3.63, 3.8) is 0 Å². The van der Waals surface area contributed by atoms with Crippen molar-refractivity contribution in [1.29, 1.82) is 0 Å². The summed E-state index contributed by atoms with van der Waals surface area (Å²) in [5.41, 5.74) is 5.52. The molecular weight excluding hydrogens is 354 g/mol. The van der Waals surface area contributed by atoms with E-state index in [2.05, 4.69) is 33.2 Å². The number of aryl methyl sites for hydroxylation is 3. The number of amides is 1. The van der Waals surface area contributed by atoms with Crippen LogP contribution in [0.5, 0.6) is 0 Å². The first-order chi connectivity index (χ1) is 11.0. The van der Waals surface area contributed by atoms with Gasteiger partial charge in [0.05, 0.1) is 11.3 Å². The largest absolute Gasteiger partial charge is 0.322 e. The Morgan fingerprint density at radius 3 is 2.74 bits per heavy atom. The van der Waals surface area contributed by atoms with Crippen LogP contribution in [0, 0.1) is 13.8 Å². The first kappa shape index (κ1) is 15.7. The molecule has 23 heavy (non-hydrogen) atoms. The molecule has 3 rings (SSSR count). The number of rotatable bonds is 3. The summed E-state index contributed by atoms with van der Waals surface area (Å²) in [6.07, 6.45) is 2.72. The number of imidazole rings is 1. The van der Waals surface area contributed by atoms with Crippen molar-refractivity contribution in [2.75, 3.05) is 5.32 Å². The molecule has 0 radical (unpaired) electrons. The molecule has 0 saturated carbocycles. The summed E-state index contributed by atoms with van der Waals surface area (Å²) in [4.78, 5) is 17.0. The minimum Gasteiger partial charge on any atom is -0.322 e. The van der Waals surface area contributed by atoms with Crippen molar-refractivity contribution in [2.45, 2.75) is 27.2 Å². The molecule has 0 saturated heterocycles. The number of nitrogens with one attached hydrogen (secondary N) is 1. The lowest BCUT2D eigenvalue weighted by atomic mass is 10.2. The van der Waals surface area contributed by atoms with Gasteiger partial charge in [0.25, 0.3) is 5.91 Å². The number of nitrogens with zero attached hydrogens (tertiary/aromatic N) is 2. The maximum atomic E-state index is 12.5. The number of carbonyl (C=O) groups excluding carboxylic acids is 1. The lowest BCUT2D eigenvalue weighted by Gasteiger charge is -2.08. The molecule has 0 spiro atoms. The Morgan fingerprint density at radius 2 is 2.04 bits per heavy atom. The molecule has 5 heteroatoms. The normalized spacial score (nSPS) is 11.0. The summed E-state index contributed by atoms with van der Waals surface area (Å²) in [7, 11) is 0. The van der Waals surface area contributed by atoms with Crippen molar-refractivity contribution in [3.05, 3.63) is 63.5 Å². The van der Waals surface area contributed by atoms with E-state index >= 15 is 0 Å². The highest BCUT2D eigenvalue weighted by molar-refractivity contribution is 9.10. The fraction of sp³-hybridized carbons (Fsp3) is 0.222. The van der Waals surface area contributed by atoms with E-state index in [4.69, 9.17) is 0 Å². The molecule has 0 fully saturated rings. The molecule has 0 bridgehead atoms. The van der Waals surface area contributed by atoms with Crippen molar-refractivity contribution in [1.82, 2.24) is 9.38 Å². The maximum absolute atomic E-state index is 12.5. The first-order valence-corrected chi connectivity index (χ1v) is 8.34. The van der Waals surface area contributed by atoms with Gasteiger partial charge in [0.1, 0.15) is 5.65 Å². The van der Waals surface area contributed by atoms with Crippen LogP contribution in [0.15, 0.2) is 41.0 Å². The number of carbonyl (C=O) groups is 1. The molecule has 0 unspecified atom stereocenters. The van der Waals surface area contributed by atoms with E-state index in [1.165, 1.54) is 0 Å². The molecule has 0 atom stereocenters. The van der Waals surface area contributed by atoms with Gasteiger partial charge in [-0.2, -0.15) is 0 Å². The van der Waals surface area contributed by atoms with E-state index in [9.17, 15) is 4.79 Å². The number of anilines is 1. The van der Waals surface area contributed by atoms with Gasteiger partial charge >= 0.3 is 0 Å². The number of halogens is 1. The van der Waals surface area contributed by atoms with E-state index in [1.54, 1.807) is 6.07 Å². The average Bonchev–Trinajstić information content (AvgIpc) is 2.86. The number of hydrogen-bond donors (Lipinski definition) is 1. The molecule has 1 amide bonds. The van der Waals surface area contributed by atoms with Crippen LogP contribution in [-0.4, -0.2) is 15.3 Å². The first-order valence-electron chi connectivity index (χ1n) is 7.54. The van der Waals surface area contributed by atoms with Crippen LogP contribution in [0.4, 0.5) is 5.69 Å². The Bertz CT molecular complexity index is 899. The second-order valence-electron chi connectivity index (χ2n) is 5.56. The second kappa shape index (κ2) is 6.16. The number of hydrogen-bond acceptors (Lipinski definition) is 2. The molecule has 0 aliphatic rings. The summed E-state index contributed by atoms with van der Waals surface area (Å²) < 4.78 is 2.95. The predicted molar refractivity (Wildman–Crippen MR) is 96.1 cm³/mol. The molecule has 3 aromatic rings. The minimum absolute atomic E-state index is 0.131. The monoisotopic (exact) mass is 371 g/mol. The lowest BCUT2D eigenvalue weighted by Crippen LogP contribution is -2.12. The van der Waals surface area contributed by atoms with Crippen LogP contribution in [0.2, 0.25) is 0 Å². The summed E-state index contributed by atoms with van der Waals surface area (Å²) in [6, 6.07) is 9.46. The number of benzene rings is 1. The quantitative estimate of drug-likeness (QED) is 0.734. The Morgan fingerprint density at radius 1 is 1.26 bits per heavy atom. The zero-order valence-electron chi connectivity index (χ0n) is 13.4. The smallest absolute Gasteiger partial charge is 0.257 e. The number of pyridine rings is 1. The molecule has 1 N–H and O–H groups in total. The van der Waals surface area contributed by atoms with Crippen LogP contribution in [0.25, 0.3) is 5.65 Å². The molecule has 0 aliphatic carbocycles. The SMILES string of the molecule is CCc1nc2ccc(C(=O)Nc3ccc(C)c(Br)c3)cn2c1C. The van der Waals surface area contributed by atoms with Gasteiger partial charge in [0, 0.05) is 22.1 Å². The number of aromatic nitrogens is 2. The van der Waals surface area contributed by atoms with Gasteiger partial charge in [-0.25, -0.2) is 4.98 Å². The topological polar surface area (TPSA) is 46.4 Å². The van der Waals surface area contributed by atoms with Crippen molar-refractivity contribution in [3.8, 4) is 0 Å². The van der Waals surface area contributed by atoms with Gasteiger partial charge in [0.15, 0.2) is 0 Å². The second-order valence-corrected chi connectivity index (χ2v) is 6.42. The predicted octanol–water partition coefficient (Wildman–Crippen LogP) is 4.53. The van der Waals surface area contributed by atoms with Crippen LogP contribution in [0.3, 0.4) is 0 Å². The standard InChI is InChI=1S/C18H18BrN3O/c1-4-16-12(3)22-10-13(6-8-17(22)21-16)18(23)20-14-7-5-11(2)15(19)9-14/h5-10H,4H2,1-3H3,(H,20,23). The Kier molecular flexibility index (Phi) is 4.22. The van der Waals surface area contributed by atoms with E-state index in [0.717, 1.165) is 39.2 Å². The molecule has 118 valence electrons. The highest BCUT2D eigenvalue weighted by atomic mass is 79.9. The molecule has 1 aromatic carbocycles. The molecule has 2 heterocycles. The van der Waals surface area contributed by atoms with E-state index < -0.39 is 0 Å². The fourth-order valence-electron chi connectivity index (χ4n) is 2.55. The van der Waals surface area contributed by atoms with Crippen LogP contribution in [-0.2, 0) is 6.42 Å². The fourth-order valence-corrected chi connectivity index (χ4v) is 2.93. The van der Waals surface area contributed by atoms with Crippen LogP contribution < -0.4 is 5.32 Å². The maximum Gasteiger partial charge on any atom is 0.257 e.